The van der Waals surface area contributed by atoms with Gasteiger partial charge in [0.1, 0.15) is 35.8 Å². The molecule has 0 amide bonds. The van der Waals surface area contributed by atoms with E-state index in [4.69, 9.17) is 25.1 Å². The normalized spacial score (nSPS) is 36.0. The molecule has 2 aromatic heterocycles. The van der Waals surface area contributed by atoms with E-state index in [1.165, 1.54) is 10.9 Å². The number of aliphatic hydroxyl groups is 4. The van der Waals surface area contributed by atoms with Crippen LogP contribution in [0.2, 0.25) is 0 Å². The van der Waals surface area contributed by atoms with Gasteiger partial charge in [-0.05, 0) is 0 Å². The SMILES string of the molecule is Nc1[nH]c(=O)nc2c1ncn2[C@H]1O[C@H](COC2O[C@H](CO)[C@@H](O)C2(F)F)[C@@H](O)[C@H]1O. The zero-order chi connectivity index (χ0) is 21.8. The van der Waals surface area contributed by atoms with Gasteiger partial charge in [0.25, 0.3) is 0 Å². The van der Waals surface area contributed by atoms with Crippen molar-refractivity contribution in [1.82, 2.24) is 19.5 Å². The number of nitrogen functional groups attached to an aromatic ring is 1. The third-order valence-corrected chi connectivity index (χ3v) is 5.03. The molecule has 15 heteroatoms. The molecule has 7 atom stereocenters. The van der Waals surface area contributed by atoms with Gasteiger partial charge in [0.2, 0.25) is 6.29 Å². The summed E-state index contributed by atoms with van der Waals surface area (Å²) in [4.78, 5) is 21.5. The minimum Gasteiger partial charge on any atom is -0.394 e. The summed E-state index contributed by atoms with van der Waals surface area (Å²) in [5, 5.41) is 39.1. The summed E-state index contributed by atoms with van der Waals surface area (Å²) in [6.07, 6.45) is -10.5. The summed E-state index contributed by atoms with van der Waals surface area (Å²) in [7, 11) is 0. The molecule has 2 aliphatic heterocycles. The van der Waals surface area contributed by atoms with Crippen LogP contribution in [0.25, 0.3) is 11.2 Å². The van der Waals surface area contributed by atoms with E-state index in [9.17, 15) is 28.9 Å². The average Bonchev–Trinajstić information content (AvgIpc) is 3.29. The predicted molar refractivity (Wildman–Crippen MR) is 91.1 cm³/mol. The molecule has 166 valence electrons. The first-order valence-corrected chi connectivity index (χ1v) is 8.82. The van der Waals surface area contributed by atoms with Crippen LogP contribution in [0.3, 0.4) is 0 Å². The first kappa shape index (κ1) is 21.0. The maximum atomic E-state index is 14.0. The quantitative estimate of drug-likeness (QED) is 0.281. The van der Waals surface area contributed by atoms with E-state index >= 15 is 0 Å². The first-order valence-electron chi connectivity index (χ1n) is 8.82. The minimum absolute atomic E-state index is 0.0198. The fraction of sp³-hybridized carbons (Fsp3) is 0.667. The molecule has 0 saturated carbocycles. The van der Waals surface area contributed by atoms with Gasteiger partial charge in [-0.3, -0.25) is 9.55 Å². The monoisotopic (exact) mass is 435 g/mol. The van der Waals surface area contributed by atoms with E-state index < -0.39 is 67.9 Å². The van der Waals surface area contributed by atoms with E-state index in [1.54, 1.807) is 0 Å². The number of rotatable bonds is 5. The Balaban J connectivity index is 1.50. The van der Waals surface area contributed by atoms with E-state index in [0.29, 0.717) is 0 Å². The number of halogens is 2. The number of anilines is 1. The molecule has 0 aromatic carbocycles. The lowest BCUT2D eigenvalue weighted by molar-refractivity contribution is -0.237. The molecule has 7 N–H and O–H groups in total. The van der Waals surface area contributed by atoms with Crippen molar-refractivity contribution in [2.75, 3.05) is 18.9 Å². The van der Waals surface area contributed by atoms with Crippen molar-refractivity contribution in [3.63, 3.8) is 0 Å². The molecule has 0 bridgehead atoms. The third-order valence-electron chi connectivity index (χ3n) is 5.03. The first-order chi connectivity index (χ1) is 14.1. The smallest absolute Gasteiger partial charge is 0.348 e. The molecule has 2 fully saturated rings. The van der Waals surface area contributed by atoms with Crippen LogP contribution < -0.4 is 11.4 Å². The van der Waals surface area contributed by atoms with Crippen LogP contribution in [0.1, 0.15) is 6.23 Å². The van der Waals surface area contributed by atoms with Gasteiger partial charge in [-0.1, -0.05) is 0 Å². The van der Waals surface area contributed by atoms with E-state index in [0.717, 1.165) is 0 Å². The van der Waals surface area contributed by atoms with E-state index in [1.807, 2.05) is 0 Å². The Labute approximate surface area is 165 Å². The number of hydrogen-bond acceptors (Lipinski definition) is 11. The van der Waals surface area contributed by atoms with Crippen LogP contribution in [-0.4, -0.2) is 95.9 Å². The number of aromatic nitrogens is 4. The number of imidazole rings is 1. The lowest BCUT2D eigenvalue weighted by Crippen LogP contribution is -2.43. The Hall–Kier alpha value is -2.27. The van der Waals surface area contributed by atoms with Crippen molar-refractivity contribution in [3.8, 4) is 0 Å². The van der Waals surface area contributed by atoms with Crippen molar-refractivity contribution in [1.29, 1.82) is 0 Å². The zero-order valence-electron chi connectivity index (χ0n) is 15.1. The number of nitrogens with two attached hydrogens (primary N) is 1. The topological polar surface area (TPSA) is 198 Å². The number of hydrogen-bond donors (Lipinski definition) is 6. The fourth-order valence-electron chi connectivity index (χ4n) is 3.42. The molecule has 1 unspecified atom stereocenters. The standard InChI is InChI=1S/C15H19F2N5O8/c16-15(17)9(26)4(1-23)30-13(15)28-2-5-7(24)8(25)12(29-5)22-3-19-6-10(18)20-14(27)21-11(6)22/h3-5,7-9,12-13,23-26H,1-2H2,(H3,18,20,21,27)/t4-,5-,7-,8-,9-,12+,13?/m1/s1. The Morgan fingerprint density at radius 2 is 2.00 bits per heavy atom. The number of alkyl halides is 2. The lowest BCUT2D eigenvalue weighted by Gasteiger charge is -2.22. The summed E-state index contributed by atoms with van der Waals surface area (Å²) >= 11 is 0. The molecular formula is C15H19F2N5O8. The van der Waals surface area contributed by atoms with Gasteiger partial charge in [-0.15, -0.1) is 0 Å². The summed E-state index contributed by atoms with van der Waals surface area (Å²) < 4.78 is 44.5. The average molecular weight is 435 g/mol. The minimum atomic E-state index is -3.81. The van der Waals surface area contributed by atoms with Crippen LogP contribution in [-0.2, 0) is 14.2 Å². The number of H-pyrrole nitrogens is 1. The molecule has 4 heterocycles. The molecule has 0 radical (unpaired) electrons. The highest BCUT2D eigenvalue weighted by molar-refractivity contribution is 5.81. The Bertz CT molecular complexity index is 986. The molecule has 30 heavy (non-hydrogen) atoms. The van der Waals surface area contributed by atoms with Crippen LogP contribution in [0.15, 0.2) is 11.1 Å². The molecule has 4 rings (SSSR count). The Kier molecular flexibility index (Phi) is 5.21. The van der Waals surface area contributed by atoms with Gasteiger partial charge in [0.15, 0.2) is 18.0 Å². The Morgan fingerprint density at radius 1 is 1.27 bits per heavy atom. The molecule has 0 aliphatic carbocycles. The largest absolute Gasteiger partial charge is 0.394 e. The predicted octanol–water partition coefficient (Wildman–Crippen LogP) is -2.95. The summed E-state index contributed by atoms with van der Waals surface area (Å²) in [5.41, 5.74) is 5.00. The highest BCUT2D eigenvalue weighted by Crippen LogP contribution is 2.38. The van der Waals surface area contributed by atoms with Crippen LogP contribution >= 0.6 is 0 Å². The molecule has 2 aliphatic rings. The second-order valence-corrected chi connectivity index (χ2v) is 6.97. The summed E-state index contributed by atoms with van der Waals surface area (Å²) in [6, 6.07) is 0. The van der Waals surface area contributed by atoms with Crippen molar-refractivity contribution < 1.29 is 43.4 Å². The second kappa shape index (κ2) is 7.45. The maximum absolute atomic E-state index is 14.0. The molecule has 13 nitrogen and oxygen atoms in total. The van der Waals surface area contributed by atoms with Crippen LogP contribution in [0.5, 0.6) is 0 Å². The van der Waals surface area contributed by atoms with Crippen molar-refractivity contribution in [2.45, 2.75) is 49.0 Å². The van der Waals surface area contributed by atoms with Crippen molar-refractivity contribution in [2.24, 2.45) is 0 Å². The van der Waals surface area contributed by atoms with Crippen LogP contribution in [0.4, 0.5) is 14.6 Å². The molecular weight excluding hydrogens is 416 g/mol. The van der Waals surface area contributed by atoms with Crippen molar-refractivity contribution in [3.05, 3.63) is 16.8 Å². The number of aromatic amines is 1. The number of nitrogens with zero attached hydrogens (tertiary/aromatic N) is 3. The van der Waals surface area contributed by atoms with Crippen LogP contribution in [0, 0.1) is 0 Å². The zero-order valence-corrected chi connectivity index (χ0v) is 15.1. The van der Waals surface area contributed by atoms with E-state index in [2.05, 4.69) is 15.0 Å². The molecule has 2 saturated heterocycles. The fourth-order valence-corrected chi connectivity index (χ4v) is 3.42. The lowest BCUT2D eigenvalue weighted by atomic mass is 10.1. The van der Waals surface area contributed by atoms with E-state index in [-0.39, 0.29) is 17.0 Å². The van der Waals surface area contributed by atoms with Crippen molar-refractivity contribution >= 4 is 17.0 Å². The molecule has 2 aromatic rings. The number of nitrogens with one attached hydrogen (secondary N) is 1. The third kappa shape index (κ3) is 3.24. The summed E-state index contributed by atoms with van der Waals surface area (Å²) in [6.45, 7) is -1.48. The number of aliphatic hydroxyl groups excluding tert-OH is 4. The van der Waals surface area contributed by atoms with Gasteiger partial charge >= 0.3 is 11.6 Å². The van der Waals surface area contributed by atoms with Gasteiger partial charge in [-0.2, -0.15) is 13.8 Å². The van der Waals surface area contributed by atoms with Gasteiger partial charge in [-0.25, -0.2) is 9.78 Å². The maximum Gasteiger partial charge on any atom is 0.348 e. The second-order valence-electron chi connectivity index (χ2n) is 6.97. The number of ether oxygens (including phenoxy) is 3. The van der Waals surface area contributed by atoms with Gasteiger partial charge < -0.3 is 40.4 Å². The Morgan fingerprint density at radius 3 is 2.67 bits per heavy atom. The van der Waals surface area contributed by atoms with Gasteiger partial charge in [0.05, 0.1) is 19.5 Å². The summed E-state index contributed by atoms with van der Waals surface area (Å²) in [5.74, 6) is -3.87. The number of fused-ring (bicyclic) bond motifs is 1. The highest BCUT2D eigenvalue weighted by atomic mass is 19.3. The van der Waals surface area contributed by atoms with Gasteiger partial charge in [0, 0.05) is 0 Å². The molecule has 0 spiro atoms. The highest BCUT2D eigenvalue weighted by Gasteiger charge is 2.59.